The zero-order valence-electron chi connectivity index (χ0n) is 9.48. The Morgan fingerprint density at radius 2 is 2.24 bits per heavy atom. The lowest BCUT2D eigenvalue weighted by atomic mass is 10.1. The van der Waals surface area contributed by atoms with Crippen LogP contribution in [-0.4, -0.2) is 39.7 Å². The Hall–Kier alpha value is -1.07. The van der Waals surface area contributed by atoms with Crippen molar-refractivity contribution in [1.29, 1.82) is 0 Å². The second-order valence-corrected chi connectivity index (χ2v) is 5.55. The van der Waals surface area contributed by atoms with Gasteiger partial charge in [0.25, 0.3) is 5.91 Å². The van der Waals surface area contributed by atoms with Gasteiger partial charge in [0.05, 0.1) is 11.2 Å². The minimum Gasteiger partial charge on any atom is -0.507 e. The van der Waals surface area contributed by atoms with E-state index in [1.165, 1.54) is 6.07 Å². The van der Waals surface area contributed by atoms with Crippen LogP contribution in [0.25, 0.3) is 0 Å². The van der Waals surface area contributed by atoms with Crippen LogP contribution in [0.5, 0.6) is 5.75 Å². The average Bonchev–Trinajstić information content (AvgIpc) is 2.61. The molecule has 0 saturated carbocycles. The van der Waals surface area contributed by atoms with Crippen LogP contribution in [0.4, 0.5) is 0 Å². The molecule has 2 N–H and O–H groups in total. The summed E-state index contributed by atoms with van der Waals surface area (Å²) in [6, 6.07) is 4.74. The van der Waals surface area contributed by atoms with Crippen LogP contribution >= 0.6 is 15.9 Å². The topological polar surface area (TPSA) is 60.8 Å². The fourth-order valence-corrected chi connectivity index (χ4v) is 2.33. The van der Waals surface area contributed by atoms with Crippen LogP contribution < -0.4 is 0 Å². The number of nitrogens with zero attached hydrogens (tertiary/aromatic N) is 1. The molecule has 1 atom stereocenters. The summed E-state index contributed by atoms with van der Waals surface area (Å²) in [6.07, 6.45) is 0.563. The number of carbonyl (C=O) groups is 1. The summed E-state index contributed by atoms with van der Waals surface area (Å²) >= 11 is 3.26. The summed E-state index contributed by atoms with van der Waals surface area (Å²) in [5.74, 6) is -0.286. The summed E-state index contributed by atoms with van der Waals surface area (Å²) in [6.45, 7) is 2.52. The Bertz CT molecular complexity index is 459. The second-order valence-electron chi connectivity index (χ2n) is 4.64. The molecule has 1 fully saturated rings. The summed E-state index contributed by atoms with van der Waals surface area (Å²) < 4.78 is 0.740. The third-order valence-electron chi connectivity index (χ3n) is 2.93. The largest absolute Gasteiger partial charge is 0.507 e. The Labute approximate surface area is 108 Å². The van der Waals surface area contributed by atoms with Gasteiger partial charge in [0, 0.05) is 17.6 Å². The van der Waals surface area contributed by atoms with Gasteiger partial charge in [0.2, 0.25) is 0 Å². The van der Waals surface area contributed by atoms with E-state index in [2.05, 4.69) is 15.9 Å². The molecule has 92 valence electrons. The summed E-state index contributed by atoms with van der Waals surface area (Å²) in [4.78, 5) is 13.7. The fraction of sp³-hybridized carbons (Fsp3) is 0.417. The molecule has 1 unspecified atom stereocenters. The molecule has 17 heavy (non-hydrogen) atoms. The summed E-state index contributed by atoms with van der Waals surface area (Å²) in [5, 5.41) is 19.5. The van der Waals surface area contributed by atoms with Crippen LogP contribution in [0.1, 0.15) is 23.7 Å². The number of β-amino-alcohol motifs (C(OH)–C–C–N with tert-alkyl or cyclic N) is 1. The van der Waals surface area contributed by atoms with E-state index in [0.717, 1.165) is 4.47 Å². The van der Waals surface area contributed by atoms with E-state index >= 15 is 0 Å². The standard InChI is InChI=1S/C12H14BrNO3/c1-12(17)4-5-14(7-12)11(16)9-6-8(13)2-3-10(9)15/h2-3,6,15,17H,4-5,7H2,1H3. The second kappa shape index (κ2) is 4.31. The number of phenols is 1. The number of aromatic hydroxyl groups is 1. The summed E-state index contributed by atoms with van der Waals surface area (Å²) in [5.41, 5.74) is -0.561. The molecule has 1 aliphatic rings. The average molecular weight is 300 g/mol. The van der Waals surface area contributed by atoms with Gasteiger partial charge in [0.15, 0.2) is 0 Å². The first kappa shape index (κ1) is 12.4. The molecule has 1 aliphatic heterocycles. The van der Waals surface area contributed by atoms with Gasteiger partial charge in [-0.1, -0.05) is 15.9 Å². The van der Waals surface area contributed by atoms with Crippen molar-refractivity contribution in [2.75, 3.05) is 13.1 Å². The Balaban J connectivity index is 2.23. The van der Waals surface area contributed by atoms with Gasteiger partial charge in [-0.3, -0.25) is 4.79 Å². The number of benzene rings is 1. The normalized spacial score (nSPS) is 24.1. The predicted molar refractivity (Wildman–Crippen MR) is 67.0 cm³/mol. The lowest BCUT2D eigenvalue weighted by molar-refractivity contribution is 0.0570. The van der Waals surface area contributed by atoms with Crippen LogP contribution in [0, 0.1) is 0 Å². The van der Waals surface area contributed by atoms with E-state index in [1.807, 2.05) is 0 Å². The first-order valence-electron chi connectivity index (χ1n) is 5.39. The molecule has 0 aromatic heterocycles. The SMILES string of the molecule is CC1(O)CCN(C(=O)c2cc(Br)ccc2O)C1. The molecule has 0 bridgehead atoms. The predicted octanol–water partition coefficient (Wildman–Crippen LogP) is 1.75. The van der Waals surface area contributed by atoms with Crippen molar-refractivity contribution in [2.24, 2.45) is 0 Å². The van der Waals surface area contributed by atoms with E-state index < -0.39 is 5.60 Å². The van der Waals surface area contributed by atoms with E-state index in [-0.39, 0.29) is 17.2 Å². The zero-order valence-corrected chi connectivity index (χ0v) is 11.1. The van der Waals surface area contributed by atoms with Crippen molar-refractivity contribution in [3.05, 3.63) is 28.2 Å². The van der Waals surface area contributed by atoms with Gasteiger partial charge in [0.1, 0.15) is 5.75 Å². The first-order valence-corrected chi connectivity index (χ1v) is 6.18. The number of halogens is 1. The lowest BCUT2D eigenvalue weighted by Gasteiger charge is -2.19. The third-order valence-corrected chi connectivity index (χ3v) is 3.42. The van der Waals surface area contributed by atoms with Crippen molar-refractivity contribution in [1.82, 2.24) is 4.90 Å². The number of amides is 1. The molecule has 5 heteroatoms. The maximum atomic E-state index is 12.1. The van der Waals surface area contributed by atoms with Crippen molar-refractivity contribution < 1.29 is 15.0 Å². The lowest BCUT2D eigenvalue weighted by Crippen LogP contribution is -2.33. The first-order chi connectivity index (χ1) is 7.89. The fourth-order valence-electron chi connectivity index (χ4n) is 1.97. The number of phenolic OH excluding ortho intramolecular Hbond substituents is 1. The van der Waals surface area contributed by atoms with Crippen molar-refractivity contribution in [3.8, 4) is 5.75 Å². The molecular formula is C12H14BrNO3. The molecule has 2 rings (SSSR count). The maximum absolute atomic E-state index is 12.1. The molecule has 1 saturated heterocycles. The van der Waals surface area contributed by atoms with Gasteiger partial charge < -0.3 is 15.1 Å². The molecule has 1 aromatic rings. The van der Waals surface area contributed by atoms with Crippen molar-refractivity contribution >= 4 is 21.8 Å². The van der Waals surface area contributed by atoms with Crippen molar-refractivity contribution in [3.63, 3.8) is 0 Å². The van der Waals surface area contributed by atoms with Crippen LogP contribution in [0.3, 0.4) is 0 Å². The van der Waals surface area contributed by atoms with Gasteiger partial charge in [-0.25, -0.2) is 0 Å². The van der Waals surface area contributed by atoms with Crippen LogP contribution in [0.2, 0.25) is 0 Å². The van der Waals surface area contributed by atoms with Gasteiger partial charge >= 0.3 is 0 Å². The number of likely N-dealkylation sites (tertiary alicyclic amines) is 1. The van der Waals surface area contributed by atoms with E-state index in [0.29, 0.717) is 19.5 Å². The number of aliphatic hydroxyl groups is 1. The third kappa shape index (κ3) is 2.61. The molecule has 0 radical (unpaired) electrons. The van der Waals surface area contributed by atoms with Gasteiger partial charge in [-0.2, -0.15) is 0 Å². The van der Waals surface area contributed by atoms with Crippen LogP contribution in [-0.2, 0) is 0 Å². The quantitative estimate of drug-likeness (QED) is 0.830. The van der Waals surface area contributed by atoms with E-state index in [4.69, 9.17) is 0 Å². The van der Waals surface area contributed by atoms with Gasteiger partial charge in [-0.15, -0.1) is 0 Å². The highest BCUT2D eigenvalue weighted by Gasteiger charge is 2.34. The molecule has 1 heterocycles. The minimum atomic E-state index is -0.822. The van der Waals surface area contributed by atoms with E-state index in [1.54, 1.807) is 24.0 Å². The Morgan fingerprint density at radius 1 is 1.53 bits per heavy atom. The Morgan fingerprint density at radius 3 is 2.82 bits per heavy atom. The number of hydrogen-bond acceptors (Lipinski definition) is 3. The monoisotopic (exact) mass is 299 g/mol. The molecule has 4 nitrogen and oxygen atoms in total. The summed E-state index contributed by atoms with van der Waals surface area (Å²) in [7, 11) is 0. The Kier molecular flexibility index (Phi) is 3.14. The smallest absolute Gasteiger partial charge is 0.257 e. The van der Waals surface area contributed by atoms with Crippen molar-refractivity contribution in [2.45, 2.75) is 18.9 Å². The number of hydrogen-bond donors (Lipinski definition) is 2. The van der Waals surface area contributed by atoms with Gasteiger partial charge in [-0.05, 0) is 31.5 Å². The highest BCUT2D eigenvalue weighted by Crippen LogP contribution is 2.27. The highest BCUT2D eigenvalue weighted by molar-refractivity contribution is 9.10. The van der Waals surface area contributed by atoms with E-state index in [9.17, 15) is 15.0 Å². The maximum Gasteiger partial charge on any atom is 0.257 e. The zero-order chi connectivity index (χ0) is 12.6. The minimum absolute atomic E-state index is 0.0373. The molecular weight excluding hydrogens is 286 g/mol. The molecule has 0 aliphatic carbocycles. The highest BCUT2D eigenvalue weighted by atomic mass is 79.9. The number of rotatable bonds is 1. The molecule has 0 spiro atoms. The van der Waals surface area contributed by atoms with Crippen LogP contribution in [0.15, 0.2) is 22.7 Å². The molecule has 1 aromatic carbocycles. The molecule has 1 amide bonds. The number of carbonyl (C=O) groups excluding carboxylic acids is 1.